The Morgan fingerprint density at radius 3 is 2.41 bits per heavy atom. The quantitative estimate of drug-likeness (QED) is 0.268. The van der Waals surface area contributed by atoms with Crippen LogP contribution < -0.4 is 4.90 Å². The first-order valence-electron chi connectivity index (χ1n) is 11.6. The van der Waals surface area contributed by atoms with Gasteiger partial charge in [0.05, 0.1) is 6.04 Å². The second-order valence-electron chi connectivity index (χ2n) is 9.25. The number of hydrogen-bond acceptors (Lipinski definition) is 1. The lowest BCUT2D eigenvalue weighted by atomic mass is 9.85. The third-order valence-corrected chi connectivity index (χ3v) is 7.34. The lowest BCUT2D eigenvalue weighted by Gasteiger charge is -2.29. The minimum absolute atomic E-state index is 0.0105. The van der Waals surface area contributed by atoms with Gasteiger partial charge in [0.2, 0.25) is 0 Å². The molecular formula is C31H21F2N. The second kappa shape index (κ2) is 7.26. The first kappa shape index (κ1) is 19.5. The summed E-state index contributed by atoms with van der Waals surface area (Å²) >= 11 is 0. The van der Waals surface area contributed by atoms with Crippen LogP contribution in [0.2, 0.25) is 0 Å². The summed E-state index contributed by atoms with van der Waals surface area (Å²) in [4.78, 5) is 2.18. The molecule has 3 heteroatoms. The number of allylic oxidation sites excluding steroid dienone is 2. The van der Waals surface area contributed by atoms with Crippen LogP contribution in [-0.2, 0) is 6.42 Å². The zero-order chi connectivity index (χ0) is 22.8. The molecule has 0 spiro atoms. The summed E-state index contributed by atoms with van der Waals surface area (Å²) in [6.45, 7) is 0. The van der Waals surface area contributed by atoms with Gasteiger partial charge in [-0.2, -0.15) is 0 Å². The van der Waals surface area contributed by atoms with Crippen molar-refractivity contribution in [2.75, 3.05) is 4.90 Å². The van der Waals surface area contributed by atoms with E-state index in [9.17, 15) is 8.78 Å². The van der Waals surface area contributed by atoms with Crippen LogP contribution in [0, 0.1) is 11.6 Å². The van der Waals surface area contributed by atoms with Gasteiger partial charge in [-0.15, -0.1) is 0 Å². The Bertz CT molecular complexity index is 1510. The Morgan fingerprint density at radius 2 is 1.53 bits per heavy atom. The molecule has 2 unspecified atom stereocenters. The number of benzene rings is 4. The molecule has 1 aliphatic heterocycles. The van der Waals surface area contributed by atoms with E-state index in [1.165, 1.54) is 46.0 Å². The smallest absolute Gasteiger partial charge is 0.123 e. The fourth-order valence-electron chi connectivity index (χ4n) is 5.77. The maximum atomic E-state index is 14.3. The molecule has 0 saturated heterocycles. The highest BCUT2D eigenvalue weighted by Gasteiger charge is 2.38. The Labute approximate surface area is 197 Å². The predicted molar refractivity (Wildman–Crippen MR) is 133 cm³/mol. The van der Waals surface area contributed by atoms with E-state index in [1.807, 2.05) is 6.07 Å². The first-order valence-corrected chi connectivity index (χ1v) is 11.6. The number of halogens is 2. The summed E-state index contributed by atoms with van der Waals surface area (Å²) < 4.78 is 27.9. The lowest BCUT2D eigenvalue weighted by molar-refractivity contribution is 0.624. The molecule has 2 atom stereocenters. The van der Waals surface area contributed by atoms with Crippen LogP contribution in [0.1, 0.15) is 28.2 Å². The van der Waals surface area contributed by atoms with E-state index < -0.39 is 0 Å². The van der Waals surface area contributed by atoms with Gasteiger partial charge in [0.15, 0.2) is 0 Å². The van der Waals surface area contributed by atoms with Crippen molar-refractivity contribution in [1.29, 1.82) is 0 Å². The van der Waals surface area contributed by atoms with Crippen LogP contribution in [0.5, 0.6) is 0 Å². The molecule has 164 valence electrons. The number of rotatable bonds is 2. The van der Waals surface area contributed by atoms with Crippen LogP contribution in [0.3, 0.4) is 0 Å². The van der Waals surface area contributed by atoms with Crippen molar-refractivity contribution in [1.82, 2.24) is 0 Å². The van der Waals surface area contributed by atoms with Crippen molar-refractivity contribution in [2.45, 2.75) is 18.4 Å². The lowest BCUT2D eigenvalue weighted by Crippen LogP contribution is -2.28. The zero-order valence-electron chi connectivity index (χ0n) is 18.4. The Kier molecular flexibility index (Phi) is 4.16. The predicted octanol–water partition coefficient (Wildman–Crippen LogP) is 7.79. The zero-order valence-corrected chi connectivity index (χ0v) is 18.4. The number of anilines is 2. The Balaban J connectivity index is 1.32. The molecule has 0 radical (unpaired) electrons. The molecule has 4 aromatic carbocycles. The fraction of sp³-hybridized carbons (Fsp3) is 0.0968. The maximum absolute atomic E-state index is 14.3. The van der Waals surface area contributed by atoms with E-state index in [4.69, 9.17) is 0 Å². The largest absolute Gasteiger partial charge is 0.333 e. The van der Waals surface area contributed by atoms with Gasteiger partial charge < -0.3 is 4.90 Å². The molecule has 0 N–H and O–H groups in total. The highest BCUT2D eigenvalue weighted by molar-refractivity contribution is 5.86. The van der Waals surface area contributed by atoms with E-state index >= 15 is 0 Å². The molecule has 0 saturated carbocycles. The van der Waals surface area contributed by atoms with E-state index in [1.54, 1.807) is 18.2 Å². The molecule has 4 aromatic rings. The summed E-state index contributed by atoms with van der Waals surface area (Å²) in [5.41, 5.74) is 10.5. The number of hydrogen-bond donors (Lipinski definition) is 0. The minimum Gasteiger partial charge on any atom is -0.333 e. The van der Waals surface area contributed by atoms with Crippen molar-refractivity contribution in [3.63, 3.8) is 0 Å². The van der Waals surface area contributed by atoms with E-state index in [0.717, 1.165) is 28.9 Å². The molecule has 1 heterocycles. The molecule has 34 heavy (non-hydrogen) atoms. The summed E-state index contributed by atoms with van der Waals surface area (Å²) in [7, 11) is 0. The Morgan fingerprint density at radius 1 is 0.735 bits per heavy atom. The molecule has 0 aromatic heterocycles. The van der Waals surface area contributed by atoms with Gasteiger partial charge in [-0.3, -0.25) is 0 Å². The molecule has 3 aliphatic rings. The summed E-state index contributed by atoms with van der Waals surface area (Å²) in [5, 5.41) is 0. The van der Waals surface area contributed by atoms with E-state index in [2.05, 4.69) is 65.6 Å². The summed E-state index contributed by atoms with van der Waals surface area (Å²) in [6.07, 6.45) is 7.60. The molecule has 0 bridgehead atoms. The SMILES string of the molecule is Fc1ccc(N2c3ccc(F)cc3C3C=C(c4ccc5c(c4)-c4ccccc4C5)C=CC32)cc1. The third kappa shape index (κ3) is 2.90. The van der Waals surface area contributed by atoms with Gasteiger partial charge in [0.25, 0.3) is 0 Å². The minimum atomic E-state index is -0.265. The molecule has 1 nitrogen and oxygen atoms in total. The maximum Gasteiger partial charge on any atom is 0.123 e. The first-order chi connectivity index (χ1) is 16.7. The van der Waals surface area contributed by atoms with Crippen molar-refractivity contribution in [2.24, 2.45) is 0 Å². The summed E-state index contributed by atoms with van der Waals surface area (Å²) in [6, 6.07) is 26.8. The van der Waals surface area contributed by atoms with Crippen molar-refractivity contribution in [3.8, 4) is 11.1 Å². The number of nitrogens with zero attached hydrogens (tertiary/aromatic N) is 1. The van der Waals surface area contributed by atoms with Gasteiger partial charge in [0, 0.05) is 17.3 Å². The standard InChI is InChI=1S/C31H21F2N/c32-23-8-11-25(12-9-23)34-30-13-7-20(17-28(30)29-18-24(33)10-14-31(29)34)19-5-6-22-15-21-3-1-2-4-26(21)27(22)16-19/h1-14,16-18,28,30H,15H2. The van der Waals surface area contributed by atoms with E-state index in [0.29, 0.717) is 0 Å². The number of fused-ring (bicyclic) bond motifs is 6. The summed E-state index contributed by atoms with van der Waals surface area (Å²) in [5.74, 6) is -0.494. The van der Waals surface area contributed by atoms with Crippen LogP contribution >= 0.6 is 0 Å². The van der Waals surface area contributed by atoms with Gasteiger partial charge in [-0.05, 0) is 93.9 Å². The highest BCUT2D eigenvalue weighted by Crippen LogP contribution is 2.49. The van der Waals surface area contributed by atoms with Gasteiger partial charge in [-0.25, -0.2) is 8.78 Å². The van der Waals surface area contributed by atoms with Crippen LogP contribution in [0.4, 0.5) is 20.2 Å². The molecule has 2 aliphatic carbocycles. The van der Waals surface area contributed by atoms with Gasteiger partial charge in [0.1, 0.15) is 11.6 Å². The van der Waals surface area contributed by atoms with Crippen LogP contribution in [-0.4, -0.2) is 6.04 Å². The van der Waals surface area contributed by atoms with Crippen molar-refractivity contribution >= 4 is 16.9 Å². The monoisotopic (exact) mass is 445 g/mol. The van der Waals surface area contributed by atoms with Gasteiger partial charge >= 0.3 is 0 Å². The van der Waals surface area contributed by atoms with Crippen LogP contribution in [0.15, 0.2) is 103 Å². The molecule has 0 fully saturated rings. The normalized spacial score (nSPS) is 19.4. The van der Waals surface area contributed by atoms with Gasteiger partial charge in [-0.1, -0.05) is 54.6 Å². The molecular weight excluding hydrogens is 424 g/mol. The van der Waals surface area contributed by atoms with E-state index in [-0.39, 0.29) is 23.6 Å². The second-order valence-corrected chi connectivity index (χ2v) is 9.25. The van der Waals surface area contributed by atoms with Crippen LogP contribution in [0.25, 0.3) is 16.7 Å². The van der Waals surface area contributed by atoms with Crippen molar-refractivity contribution in [3.05, 3.63) is 137 Å². The Hall–Kier alpha value is -3.98. The molecule has 7 rings (SSSR count). The topological polar surface area (TPSA) is 3.24 Å². The highest BCUT2D eigenvalue weighted by atomic mass is 19.1. The average molecular weight is 446 g/mol. The van der Waals surface area contributed by atoms with Crippen molar-refractivity contribution < 1.29 is 8.78 Å². The third-order valence-electron chi connectivity index (χ3n) is 7.34. The fourth-order valence-corrected chi connectivity index (χ4v) is 5.77. The molecule has 0 amide bonds. The average Bonchev–Trinajstić information content (AvgIpc) is 3.39.